The zero-order valence-corrected chi connectivity index (χ0v) is 16.4. The first-order valence-corrected chi connectivity index (χ1v) is 10.8. The Kier molecular flexibility index (Phi) is 5.86. The lowest BCUT2D eigenvalue weighted by Crippen LogP contribution is -2.56. The second-order valence-corrected chi connectivity index (χ2v) is 9.16. The summed E-state index contributed by atoms with van der Waals surface area (Å²) in [6.45, 7) is 1.07. The molecule has 1 amide bonds. The molecule has 2 fully saturated rings. The average molecular weight is 394 g/mol. The summed E-state index contributed by atoms with van der Waals surface area (Å²) in [6, 6.07) is 5.89. The maximum atomic E-state index is 12.7. The van der Waals surface area contributed by atoms with Crippen LogP contribution in [0.25, 0.3) is 0 Å². The molecule has 1 aromatic rings. The summed E-state index contributed by atoms with van der Waals surface area (Å²) < 4.78 is 31.5. The van der Waals surface area contributed by atoms with Crippen LogP contribution in [-0.2, 0) is 19.6 Å². The molecule has 7 nitrogen and oxygen atoms in total. The van der Waals surface area contributed by atoms with Crippen LogP contribution >= 0.6 is 0 Å². The normalized spacial score (nSPS) is 20.2. The van der Waals surface area contributed by atoms with Gasteiger partial charge in [-0.3, -0.25) is 4.79 Å². The number of ether oxygens (including phenoxy) is 1. The number of esters is 1. The number of carbonyl (C=O) groups excluding carboxylic acids is 2. The number of sulfonamides is 1. The van der Waals surface area contributed by atoms with Gasteiger partial charge in [0.05, 0.1) is 12.0 Å². The maximum absolute atomic E-state index is 12.7. The van der Waals surface area contributed by atoms with Gasteiger partial charge in [-0.2, -0.15) is 4.31 Å². The molecule has 1 saturated heterocycles. The van der Waals surface area contributed by atoms with Crippen molar-refractivity contribution in [1.29, 1.82) is 0 Å². The number of amides is 1. The highest BCUT2D eigenvalue weighted by molar-refractivity contribution is 7.89. The van der Waals surface area contributed by atoms with Gasteiger partial charge in [0.1, 0.15) is 5.54 Å². The van der Waals surface area contributed by atoms with E-state index in [1.165, 1.54) is 35.7 Å². The van der Waals surface area contributed by atoms with Crippen molar-refractivity contribution in [2.24, 2.45) is 0 Å². The van der Waals surface area contributed by atoms with Crippen LogP contribution in [0.1, 0.15) is 55.3 Å². The van der Waals surface area contributed by atoms with Crippen LogP contribution in [0.3, 0.4) is 0 Å². The minimum absolute atomic E-state index is 0.182. The van der Waals surface area contributed by atoms with Crippen molar-refractivity contribution in [3.63, 3.8) is 0 Å². The van der Waals surface area contributed by atoms with Gasteiger partial charge in [-0.15, -0.1) is 0 Å². The van der Waals surface area contributed by atoms with Crippen LogP contribution in [0.5, 0.6) is 0 Å². The van der Waals surface area contributed by atoms with E-state index in [1.807, 2.05) is 0 Å². The van der Waals surface area contributed by atoms with E-state index >= 15 is 0 Å². The topological polar surface area (TPSA) is 92.8 Å². The first-order chi connectivity index (χ1) is 12.9. The Morgan fingerprint density at radius 1 is 1.00 bits per heavy atom. The first kappa shape index (κ1) is 19.8. The van der Waals surface area contributed by atoms with Gasteiger partial charge >= 0.3 is 5.97 Å². The minimum atomic E-state index is -3.51. The van der Waals surface area contributed by atoms with Gasteiger partial charge in [0.2, 0.25) is 10.0 Å². The molecular weight excluding hydrogens is 368 g/mol. The molecule has 148 valence electrons. The Morgan fingerprint density at radius 3 is 2.15 bits per heavy atom. The third-order valence-electron chi connectivity index (χ3n) is 5.46. The van der Waals surface area contributed by atoms with E-state index in [4.69, 9.17) is 4.74 Å². The smallest absolute Gasteiger partial charge is 0.331 e. The largest absolute Gasteiger partial charge is 0.467 e. The number of benzene rings is 1. The monoisotopic (exact) mass is 394 g/mol. The van der Waals surface area contributed by atoms with Crippen LogP contribution < -0.4 is 5.32 Å². The Morgan fingerprint density at radius 2 is 1.59 bits per heavy atom. The number of hydrogen-bond acceptors (Lipinski definition) is 5. The number of nitrogens with zero attached hydrogens (tertiary/aromatic N) is 1. The van der Waals surface area contributed by atoms with E-state index in [0.717, 1.165) is 32.1 Å². The van der Waals surface area contributed by atoms with E-state index in [0.29, 0.717) is 31.5 Å². The van der Waals surface area contributed by atoms with Crippen LogP contribution in [0.2, 0.25) is 0 Å². The van der Waals surface area contributed by atoms with Gasteiger partial charge in [0.25, 0.3) is 5.91 Å². The molecule has 1 aromatic carbocycles. The van der Waals surface area contributed by atoms with Crippen molar-refractivity contribution in [2.75, 3.05) is 20.2 Å². The van der Waals surface area contributed by atoms with Crippen molar-refractivity contribution in [3.05, 3.63) is 29.8 Å². The summed E-state index contributed by atoms with van der Waals surface area (Å²) in [5, 5.41) is 2.84. The van der Waals surface area contributed by atoms with Gasteiger partial charge in [-0.25, -0.2) is 13.2 Å². The Balaban J connectivity index is 1.76. The minimum Gasteiger partial charge on any atom is -0.467 e. The van der Waals surface area contributed by atoms with Crippen molar-refractivity contribution in [3.8, 4) is 0 Å². The molecule has 27 heavy (non-hydrogen) atoms. The quantitative estimate of drug-likeness (QED) is 0.772. The molecule has 1 N–H and O–H groups in total. The lowest BCUT2D eigenvalue weighted by molar-refractivity contribution is -0.149. The van der Waals surface area contributed by atoms with E-state index in [9.17, 15) is 18.0 Å². The molecule has 0 atom stereocenters. The first-order valence-electron chi connectivity index (χ1n) is 9.40. The number of methoxy groups -OCH3 is 1. The molecule has 0 aromatic heterocycles. The highest BCUT2D eigenvalue weighted by Crippen LogP contribution is 2.30. The zero-order chi connectivity index (χ0) is 19.5. The predicted octanol–water partition coefficient (Wildman–Crippen LogP) is 2.08. The molecule has 8 heteroatoms. The fourth-order valence-corrected chi connectivity index (χ4v) is 5.39. The molecular formula is C19H26N2O5S. The molecule has 3 rings (SSSR count). The highest BCUT2D eigenvalue weighted by atomic mass is 32.2. The van der Waals surface area contributed by atoms with Crippen molar-refractivity contribution >= 4 is 21.9 Å². The fraction of sp³-hybridized carbons (Fsp3) is 0.579. The second kappa shape index (κ2) is 7.98. The molecule has 1 aliphatic carbocycles. The van der Waals surface area contributed by atoms with Gasteiger partial charge in [-0.05, 0) is 49.9 Å². The van der Waals surface area contributed by atoms with Gasteiger partial charge < -0.3 is 10.1 Å². The number of nitrogens with one attached hydrogen (secondary N) is 1. The zero-order valence-electron chi connectivity index (χ0n) is 15.6. The van der Waals surface area contributed by atoms with Crippen molar-refractivity contribution < 1.29 is 22.7 Å². The summed E-state index contributed by atoms with van der Waals surface area (Å²) in [7, 11) is -2.19. The molecule has 1 aliphatic heterocycles. The highest BCUT2D eigenvalue weighted by Gasteiger charge is 2.42. The van der Waals surface area contributed by atoms with Gasteiger partial charge in [0, 0.05) is 18.7 Å². The number of hydrogen-bond donors (Lipinski definition) is 1. The standard InChI is InChI=1S/C19H26N2O5S/c1-26-18(23)19(11-3-2-4-12-19)20-17(22)15-7-9-16(10-8-15)27(24,25)21-13-5-6-14-21/h7-10H,2-6,11-14H2,1H3,(H,20,22). The fourth-order valence-electron chi connectivity index (χ4n) is 3.88. The second-order valence-electron chi connectivity index (χ2n) is 7.22. The molecule has 1 heterocycles. The Labute approximate surface area is 160 Å². The van der Waals surface area contributed by atoms with Crippen LogP contribution in [0.15, 0.2) is 29.2 Å². The molecule has 0 bridgehead atoms. The van der Waals surface area contributed by atoms with E-state index in [1.54, 1.807) is 0 Å². The summed E-state index contributed by atoms with van der Waals surface area (Å²) in [4.78, 5) is 25.1. The molecule has 1 saturated carbocycles. The van der Waals surface area contributed by atoms with Gasteiger partial charge in [0.15, 0.2) is 0 Å². The maximum Gasteiger partial charge on any atom is 0.331 e. The summed E-state index contributed by atoms with van der Waals surface area (Å²) >= 11 is 0. The third-order valence-corrected chi connectivity index (χ3v) is 7.37. The summed E-state index contributed by atoms with van der Waals surface area (Å²) in [5.41, 5.74) is -0.672. The average Bonchev–Trinajstić information content (AvgIpc) is 3.24. The molecule has 0 radical (unpaired) electrons. The number of carbonyl (C=O) groups is 2. The van der Waals surface area contributed by atoms with Gasteiger partial charge in [-0.1, -0.05) is 19.3 Å². The van der Waals surface area contributed by atoms with Crippen molar-refractivity contribution in [1.82, 2.24) is 9.62 Å². The lowest BCUT2D eigenvalue weighted by atomic mass is 9.81. The van der Waals surface area contributed by atoms with E-state index in [-0.39, 0.29) is 4.90 Å². The van der Waals surface area contributed by atoms with E-state index < -0.39 is 27.4 Å². The van der Waals surface area contributed by atoms with Crippen molar-refractivity contribution in [2.45, 2.75) is 55.4 Å². The third kappa shape index (κ3) is 4.01. The van der Waals surface area contributed by atoms with Crippen LogP contribution in [0.4, 0.5) is 0 Å². The van der Waals surface area contributed by atoms with Crippen LogP contribution in [-0.4, -0.2) is 50.3 Å². The summed E-state index contributed by atoms with van der Waals surface area (Å²) in [6.07, 6.45) is 5.56. The molecule has 0 unspecified atom stereocenters. The lowest BCUT2D eigenvalue weighted by Gasteiger charge is -2.35. The summed E-state index contributed by atoms with van der Waals surface area (Å²) in [5.74, 6) is -0.823. The predicted molar refractivity (Wildman–Crippen MR) is 99.7 cm³/mol. The molecule has 0 spiro atoms. The number of rotatable bonds is 5. The molecule has 2 aliphatic rings. The Hall–Kier alpha value is -1.93. The Bertz CT molecular complexity index is 792. The SMILES string of the molecule is COC(=O)C1(NC(=O)c2ccc(S(=O)(=O)N3CCCC3)cc2)CCCCC1. The van der Waals surface area contributed by atoms with Crippen LogP contribution in [0, 0.1) is 0 Å². The van der Waals surface area contributed by atoms with E-state index in [2.05, 4.69) is 5.32 Å².